The minimum absolute atomic E-state index is 0.877. The molecular formula is C7H7F6NO. The van der Waals surface area contributed by atoms with Crippen molar-refractivity contribution in [2.75, 3.05) is 13.2 Å². The van der Waals surface area contributed by atoms with E-state index in [0.29, 0.717) is 0 Å². The summed E-state index contributed by atoms with van der Waals surface area (Å²) < 4.78 is 74.3. The van der Waals surface area contributed by atoms with Gasteiger partial charge >= 0.3 is 12.4 Å². The minimum atomic E-state index is -4.77. The van der Waals surface area contributed by atoms with E-state index in [-0.39, 0.29) is 0 Å². The molecule has 2 nitrogen and oxygen atoms in total. The van der Waals surface area contributed by atoms with Crippen LogP contribution in [0.5, 0.6) is 0 Å². The Kier molecular flexibility index (Phi) is 4.87. The lowest BCUT2D eigenvalue weighted by Crippen LogP contribution is -2.26. The fraction of sp³-hybridized carbons (Fsp3) is 0.857. The molecule has 0 aliphatic rings. The Morgan fingerprint density at radius 2 is 1.67 bits per heavy atom. The smallest absolute Gasteiger partial charge is 0.379 e. The fourth-order valence-electron chi connectivity index (χ4n) is 0.594. The Labute approximate surface area is 81.4 Å². The minimum Gasteiger partial charge on any atom is -0.379 e. The van der Waals surface area contributed by atoms with E-state index >= 15 is 0 Å². The summed E-state index contributed by atoms with van der Waals surface area (Å²) in [5.41, 5.74) is 0. The van der Waals surface area contributed by atoms with Gasteiger partial charge < -0.3 is 4.74 Å². The van der Waals surface area contributed by atoms with Gasteiger partial charge in [0.1, 0.15) is 0 Å². The van der Waals surface area contributed by atoms with Crippen molar-refractivity contribution in [3.8, 4) is 6.07 Å². The number of hydrogen-bond donors (Lipinski definition) is 0. The van der Waals surface area contributed by atoms with Gasteiger partial charge in [-0.25, -0.2) is 0 Å². The maximum atomic E-state index is 11.9. The number of nitriles is 1. The summed E-state index contributed by atoms with van der Waals surface area (Å²) in [5.74, 6) is -2.38. The number of alkyl halides is 6. The molecule has 0 aromatic heterocycles. The zero-order valence-corrected chi connectivity index (χ0v) is 7.32. The van der Waals surface area contributed by atoms with Gasteiger partial charge in [0.25, 0.3) is 0 Å². The molecule has 88 valence electrons. The molecule has 0 aliphatic carbocycles. The predicted molar refractivity (Wildman–Crippen MR) is 36.6 cm³/mol. The average Bonchev–Trinajstić information content (AvgIpc) is 1.99. The van der Waals surface area contributed by atoms with Crippen molar-refractivity contribution < 1.29 is 31.1 Å². The van der Waals surface area contributed by atoms with E-state index in [0.717, 1.165) is 6.07 Å². The highest BCUT2D eigenvalue weighted by atomic mass is 19.4. The van der Waals surface area contributed by atoms with Crippen molar-refractivity contribution in [1.82, 2.24) is 0 Å². The topological polar surface area (TPSA) is 33.0 Å². The highest BCUT2D eigenvalue weighted by Gasteiger charge is 2.40. The predicted octanol–water partition coefficient (Wildman–Crippen LogP) is 2.66. The number of hydrogen-bond acceptors (Lipinski definition) is 2. The fourth-order valence-corrected chi connectivity index (χ4v) is 0.594. The van der Waals surface area contributed by atoms with Gasteiger partial charge in [0.15, 0.2) is 5.92 Å². The molecule has 15 heavy (non-hydrogen) atoms. The zero-order chi connectivity index (χ0) is 12.1. The normalized spacial score (nSPS) is 14.7. The van der Waals surface area contributed by atoms with E-state index in [1.165, 1.54) is 0 Å². The third kappa shape index (κ3) is 7.02. The molecule has 0 saturated carbocycles. The van der Waals surface area contributed by atoms with Crippen molar-refractivity contribution in [3.63, 3.8) is 0 Å². The third-order valence-corrected chi connectivity index (χ3v) is 1.37. The van der Waals surface area contributed by atoms with Crippen LogP contribution in [0.2, 0.25) is 0 Å². The summed E-state index contributed by atoms with van der Waals surface area (Å²) in [6.07, 6.45) is -10.6. The van der Waals surface area contributed by atoms with Gasteiger partial charge in [0.2, 0.25) is 0 Å². The summed E-state index contributed by atoms with van der Waals surface area (Å²) in [5, 5.41) is 8.05. The number of nitrogens with zero attached hydrogens (tertiary/aromatic N) is 1. The molecule has 1 unspecified atom stereocenters. The first-order valence-corrected chi connectivity index (χ1v) is 3.77. The zero-order valence-electron chi connectivity index (χ0n) is 7.32. The SMILES string of the molecule is N#CC(COCCC(F)(F)F)C(F)(F)F. The van der Waals surface area contributed by atoms with E-state index in [1.807, 2.05) is 0 Å². The van der Waals surface area contributed by atoms with Crippen molar-refractivity contribution in [3.05, 3.63) is 0 Å². The largest absolute Gasteiger partial charge is 0.406 e. The van der Waals surface area contributed by atoms with Gasteiger partial charge in [-0.1, -0.05) is 0 Å². The van der Waals surface area contributed by atoms with Crippen LogP contribution in [0.1, 0.15) is 6.42 Å². The molecule has 0 heterocycles. The lowest BCUT2D eigenvalue weighted by molar-refractivity contribution is -0.177. The van der Waals surface area contributed by atoms with Gasteiger partial charge in [-0.3, -0.25) is 0 Å². The average molecular weight is 235 g/mol. The van der Waals surface area contributed by atoms with Gasteiger partial charge in [-0.05, 0) is 0 Å². The van der Waals surface area contributed by atoms with Crippen LogP contribution in [0.25, 0.3) is 0 Å². The molecule has 0 aromatic carbocycles. The van der Waals surface area contributed by atoms with Crippen LogP contribution in [0.4, 0.5) is 26.3 Å². The number of rotatable bonds is 4. The molecule has 0 aliphatic heterocycles. The monoisotopic (exact) mass is 235 g/mol. The van der Waals surface area contributed by atoms with Gasteiger partial charge in [0.05, 0.1) is 25.7 Å². The summed E-state index contributed by atoms with van der Waals surface area (Å²) in [6.45, 7) is -1.95. The van der Waals surface area contributed by atoms with Crippen LogP contribution in [0, 0.1) is 17.2 Å². The number of ether oxygens (including phenoxy) is 1. The van der Waals surface area contributed by atoms with Crippen molar-refractivity contribution >= 4 is 0 Å². The molecule has 0 amide bonds. The van der Waals surface area contributed by atoms with Crippen LogP contribution < -0.4 is 0 Å². The quantitative estimate of drug-likeness (QED) is 0.554. The molecule has 8 heteroatoms. The van der Waals surface area contributed by atoms with E-state index in [4.69, 9.17) is 5.26 Å². The molecule has 0 aromatic rings. The molecule has 0 N–H and O–H groups in total. The molecule has 0 rings (SSSR count). The Balaban J connectivity index is 3.81. The van der Waals surface area contributed by atoms with Crippen molar-refractivity contribution in [2.24, 2.45) is 5.92 Å². The first-order valence-electron chi connectivity index (χ1n) is 3.77. The van der Waals surface area contributed by atoms with E-state index < -0.39 is 37.9 Å². The maximum absolute atomic E-state index is 11.9. The Morgan fingerprint density at radius 3 is 2.00 bits per heavy atom. The van der Waals surface area contributed by atoms with Crippen LogP contribution in [-0.4, -0.2) is 25.6 Å². The van der Waals surface area contributed by atoms with Gasteiger partial charge in [-0.2, -0.15) is 31.6 Å². The molecule has 0 radical (unpaired) electrons. The van der Waals surface area contributed by atoms with E-state index in [1.54, 1.807) is 0 Å². The first kappa shape index (κ1) is 14.0. The lowest BCUT2D eigenvalue weighted by atomic mass is 10.2. The summed E-state index contributed by atoms with van der Waals surface area (Å²) in [6, 6.07) is 0.908. The van der Waals surface area contributed by atoms with Crippen molar-refractivity contribution in [1.29, 1.82) is 5.26 Å². The second kappa shape index (κ2) is 5.21. The van der Waals surface area contributed by atoms with Crippen LogP contribution in [-0.2, 0) is 4.74 Å². The highest BCUT2D eigenvalue weighted by molar-refractivity contribution is 4.88. The Bertz CT molecular complexity index is 227. The summed E-state index contributed by atoms with van der Waals surface area (Å²) in [4.78, 5) is 0. The molecular weight excluding hydrogens is 228 g/mol. The van der Waals surface area contributed by atoms with E-state index in [9.17, 15) is 26.3 Å². The number of halogens is 6. The molecule has 1 atom stereocenters. The molecule has 0 saturated heterocycles. The molecule has 0 spiro atoms. The summed E-state index contributed by atoms with van der Waals surface area (Å²) in [7, 11) is 0. The standard InChI is InChI=1S/C7H7F6NO/c8-6(9,10)1-2-15-4-5(3-14)7(11,12)13/h5H,1-2,4H2. The Morgan fingerprint density at radius 1 is 1.13 bits per heavy atom. The van der Waals surface area contributed by atoms with Crippen LogP contribution >= 0.6 is 0 Å². The van der Waals surface area contributed by atoms with Gasteiger partial charge in [-0.15, -0.1) is 0 Å². The second-order valence-corrected chi connectivity index (χ2v) is 2.66. The maximum Gasteiger partial charge on any atom is 0.406 e. The molecule has 0 bridgehead atoms. The lowest BCUT2D eigenvalue weighted by Gasteiger charge is -2.13. The Hall–Kier alpha value is -0.970. The second-order valence-electron chi connectivity index (χ2n) is 2.66. The van der Waals surface area contributed by atoms with Crippen LogP contribution in [0.15, 0.2) is 0 Å². The molecule has 0 fully saturated rings. The summed E-state index contributed by atoms with van der Waals surface area (Å²) >= 11 is 0. The third-order valence-electron chi connectivity index (χ3n) is 1.37. The van der Waals surface area contributed by atoms with Crippen LogP contribution in [0.3, 0.4) is 0 Å². The highest BCUT2D eigenvalue weighted by Crippen LogP contribution is 2.26. The van der Waals surface area contributed by atoms with Crippen molar-refractivity contribution in [2.45, 2.75) is 18.8 Å². The van der Waals surface area contributed by atoms with E-state index in [2.05, 4.69) is 4.74 Å². The van der Waals surface area contributed by atoms with Gasteiger partial charge in [0, 0.05) is 0 Å². The first-order chi connectivity index (χ1) is 6.67.